The van der Waals surface area contributed by atoms with Gasteiger partial charge in [-0.2, -0.15) is 0 Å². The minimum Gasteiger partial charge on any atom is -0.428 e. The van der Waals surface area contributed by atoms with E-state index >= 15 is 0 Å². The first-order valence-corrected chi connectivity index (χ1v) is 7.73. The molecule has 0 aliphatic carbocycles. The van der Waals surface area contributed by atoms with Crippen molar-refractivity contribution in [3.63, 3.8) is 0 Å². The van der Waals surface area contributed by atoms with Crippen molar-refractivity contribution in [2.75, 3.05) is 4.90 Å². The number of nitrogens with zero attached hydrogens (tertiary/aromatic N) is 2. The molecule has 1 rings (SSSR count). The summed E-state index contributed by atoms with van der Waals surface area (Å²) in [4.78, 5) is 36.2. The number of anilines is 1. The normalized spacial score (nSPS) is 11.6. The van der Waals surface area contributed by atoms with Gasteiger partial charge in [0.15, 0.2) is 0 Å². The highest BCUT2D eigenvalue weighted by Crippen LogP contribution is 2.33. The van der Waals surface area contributed by atoms with Gasteiger partial charge in [-0.1, -0.05) is 6.07 Å². The van der Waals surface area contributed by atoms with Gasteiger partial charge in [0, 0.05) is 11.6 Å². The van der Waals surface area contributed by atoms with E-state index in [0.717, 1.165) is 0 Å². The lowest BCUT2D eigenvalue weighted by Crippen LogP contribution is -2.47. The third kappa shape index (κ3) is 5.44. The number of hydrogen-bond donors (Lipinski definition) is 0. The van der Waals surface area contributed by atoms with Crippen LogP contribution in [0.25, 0.3) is 0 Å². The molecule has 0 heterocycles. The Morgan fingerprint density at radius 3 is 2.12 bits per heavy atom. The summed E-state index contributed by atoms with van der Waals surface area (Å²) in [7, 11) is 0. The molecule has 0 aliphatic rings. The molecule has 0 bridgehead atoms. The Kier molecular flexibility index (Phi) is 5.78. The molecule has 0 saturated heterocycles. The lowest BCUT2D eigenvalue weighted by atomic mass is 10.0. The fourth-order valence-electron chi connectivity index (χ4n) is 2.17. The fourth-order valence-corrected chi connectivity index (χ4v) is 2.17. The first-order chi connectivity index (χ1) is 11.2. The van der Waals surface area contributed by atoms with Crippen molar-refractivity contribution < 1.29 is 24.0 Å². The molecule has 0 saturated carbocycles. The Balaban J connectivity index is 3.24. The second-order valence-electron chi connectivity index (χ2n) is 7.52. The third-order valence-electron chi connectivity index (χ3n) is 3.13. The van der Waals surface area contributed by atoms with Crippen molar-refractivity contribution in [2.24, 2.45) is 0 Å². The summed E-state index contributed by atoms with van der Waals surface area (Å²) < 4.78 is 9.76. The van der Waals surface area contributed by atoms with E-state index in [1.807, 2.05) is 0 Å². The van der Waals surface area contributed by atoms with Gasteiger partial charge in [-0.3, -0.25) is 15.0 Å². The van der Waals surface area contributed by atoms with Crippen molar-refractivity contribution >= 4 is 23.6 Å². The molecule has 0 N–H and O–H groups in total. The predicted octanol–water partition coefficient (Wildman–Crippen LogP) is 4.58. The number of rotatable bonds is 2. The van der Waals surface area contributed by atoms with Crippen LogP contribution in [0.4, 0.5) is 21.0 Å². The van der Waals surface area contributed by atoms with Crippen LogP contribution in [0.3, 0.4) is 0 Å². The molecule has 8 nitrogen and oxygen atoms in total. The minimum absolute atomic E-state index is 0.128. The molecule has 0 atom stereocenters. The van der Waals surface area contributed by atoms with Crippen LogP contribution in [0.15, 0.2) is 18.2 Å². The van der Waals surface area contributed by atoms with E-state index in [0.29, 0.717) is 5.56 Å². The van der Waals surface area contributed by atoms with Gasteiger partial charge in [0.2, 0.25) is 0 Å². The van der Waals surface area contributed by atoms with Gasteiger partial charge < -0.3 is 9.47 Å². The van der Waals surface area contributed by atoms with Crippen molar-refractivity contribution in [1.29, 1.82) is 0 Å². The summed E-state index contributed by atoms with van der Waals surface area (Å²) in [6, 6.07) is 4.38. The highest BCUT2D eigenvalue weighted by Gasteiger charge is 2.34. The molecule has 1 aromatic rings. The van der Waals surface area contributed by atoms with E-state index in [4.69, 9.17) is 9.47 Å². The smallest absolute Gasteiger partial charge is 0.428 e. The number of benzene rings is 1. The first kappa shape index (κ1) is 20.4. The summed E-state index contributed by atoms with van der Waals surface area (Å²) in [5.41, 5.74) is -1.15. The second-order valence-corrected chi connectivity index (χ2v) is 7.52. The maximum absolute atomic E-state index is 12.6. The van der Waals surface area contributed by atoms with Crippen molar-refractivity contribution in [3.05, 3.63) is 33.9 Å². The highest BCUT2D eigenvalue weighted by atomic mass is 16.8. The third-order valence-corrected chi connectivity index (χ3v) is 3.13. The average molecular weight is 352 g/mol. The summed E-state index contributed by atoms with van der Waals surface area (Å²) in [6.45, 7) is 11.6. The lowest BCUT2D eigenvalue weighted by Gasteiger charge is -2.35. The topological polar surface area (TPSA) is 99.0 Å². The monoisotopic (exact) mass is 352 g/mol. The van der Waals surface area contributed by atoms with E-state index in [9.17, 15) is 19.7 Å². The number of amides is 1. The Labute approximate surface area is 146 Å². The molecule has 0 aromatic heterocycles. The molecular formula is C17H24N2O6. The number of carbonyl (C=O) groups excluding carboxylic acids is 2. The average Bonchev–Trinajstić information content (AvgIpc) is 2.36. The van der Waals surface area contributed by atoms with E-state index in [-0.39, 0.29) is 11.4 Å². The summed E-state index contributed by atoms with van der Waals surface area (Å²) in [5.74, 6) is 0. The maximum Gasteiger partial charge on any atom is 0.517 e. The van der Waals surface area contributed by atoms with Crippen LogP contribution >= 0.6 is 0 Å². The van der Waals surface area contributed by atoms with Gasteiger partial charge in [0.1, 0.15) is 5.60 Å². The molecule has 25 heavy (non-hydrogen) atoms. The minimum atomic E-state index is -1.13. The number of hydrogen-bond acceptors (Lipinski definition) is 6. The first-order valence-electron chi connectivity index (χ1n) is 7.73. The Hall–Kier alpha value is -2.64. The molecule has 0 aliphatic heterocycles. The number of nitro benzene ring substituents is 1. The van der Waals surface area contributed by atoms with E-state index in [1.165, 1.54) is 24.0 Å². The molecule has 0 radical (unpaired) electrons. The van der Waals surface area contributed by atoms with Crippen LogP contribution in [-0.2, 0) is 9.47 Å². The summed E-state index contributed by atoms with van der Waals surface area (Å²) in [5, 5.41) is 11.1. The van der Waals surface area contributed by atoms with Gasteiger partial charge in [-0.15, -0.1) is 0 Å². The van der Waals surface area contributed by atoms with Crippen LogP contribution < -0.4 is 4.90 Å². The highest BCUT2D eigenvalue weighted by molar-refractivity contribution is 5.95. The van der Waals surface area contributed by atoms with Crippen LogP contribution in [0, 0.1) is 17.0 Å². The zero-order valence-corrected chi connectivity index (χ0v) is 15.6. The lowest BCUT2D eigenvalue weighted by molar-refractivity contribution is -0.385. The van der Waals surface area contributed by atoms with Gasteiger partial charge in [0.25, 0.3) is 5.69 Å². The molecule has 0 unspecified atom stereocenters. The van der Waals surface area contributed by atoms with Gasteiger partial charge in [-0.25, -0.2) is 9.59 Å². The predicted molar refractivity (Wildman–Crippen MR) is 92.8 cm³/mol. The van der Waals surface area contributed by atoms with Gasteiger partial charge >= 0.3 is 12.2 Å². The standard InChI is InChI=1S/C17H24N2O6/c1-11-12(9-8-10-13(11)19(22)23)18(16(2,3)4)14(20)24-15(21)25-17(5,6)7/h8-10H,1-7H3. The molecule has 1 amide bonds. The van der Waals surface area contributed by atoms with Crippen molar-refractivity contribution in [1.82, 2.24) is 0 Å². The van der Waals surface area contributed by atoms with Crippen LogP contribution in [-0.4, -0.2) is 28.3 Å². The second kappa shape index (κ2) is 7.08. The quantitative estimate of drug-likeness (QED) is 0.334. The zero-order valence-electron chi connectivity index (χ0n) is 15.6. The van der Waals surface area contributed by atoms with E-state index in [2.05, 4.69) is 0 Å². The van der Waals surface area contributed by atoms with Crippen LogP contribution in [0.1, 0.15) is 47.1 Å². The summed E-state index contributed by atoms with van der Waals surface area (Å²) >= 11 is 0. The van der Waals surface area contributed by atoms with E-state index in [1.54, 1.807) is 47.6 Å². The Morgan fingerprint density at radius 2 is 1.68 bits per heavy atom. The van der Waals surface area contributed by atoms with Crippen molar-refractivity contribution in [3.8, 4) is 0 Å². The summed E-state index contributed by atoms with van der Waals surface area (Å²) in [6.07, 6.45) is -2.10. The molecular weight excluding hydrogens is 328 g/mol. The molecule has 138 valence electrons. The van der Waals surface area contributed by atoms with Gasteiger partial charge in [-0.05, 0) is 54.5 Å². The molecule has 8 heteroatoms. The van der Waals surface area contributed by atoms with Gasteiger partial charge in [0.05, 0.1) is 16.2 Å². The molecule has 0 fully saturated rings. The molecule has 1 aromatic carbocycles. The fraction of sp³-hybridized carbons (Fsp3) is 0.529. The van der Waals surface area contributed by atoms with E-state index < -0.39 is 28.3 Å². The number of ether oxygens (including phenoxy) is 2. The van der Waals surface area contributed by atoms with Crippen molar-refractivity contribution in [2.45, 2.75) is 59.6 Å². The number of carbonyl (C=O) groups is 2. The Morgan fingerprint density at radius 1 is 1.12 bits per heavy atom. The maximum atomic E-state index is 12.6. The van der Waals surface area contributed by atoms with Crippen LogP contribution in [0.2, 0.25) is 0 Å². The zero-order chi connectivity index (χ0) is 19.6. The Bertz CT molecular complexity index is 685. The number of nitro groups is 1. The SMILES string of the molecule is Cc1c(N(C(=O)OC(=O)OC(C)(C)C)C(C)(C)C)cccc1[N+](=O)[O-]. The molecule has 0 spiro atoms. The van der Waals surface area contributed by atoms with Crippen LogP contribution in [0.5, 0.6) is 0 Å². The largest absolute Gasteiger partial charge is 0.517 e.